The van der Waals surface area contributed by atoms with Crippen molar-refractivity contribution in [2.75, 3.05) is 30.8 Å². The molecule has 1 N–H and O–H groups in total. The van der Waals surface area contributed by atoms with Gasteiger partial charge in [0.25, 0.3) is 0 Å². The summed E-state index contributed by atoms with van der Waals surface area (Å²) in [5.41, 5.74) is 1.69. The van der Waals surface area contributed by atoms with Gasteiger partial charge in [0, 0.05) is 18.1 Å². The molecule has 8 nitrogen and oxygen atoms in total. The zero-order valence-corrected chi connectivity index (χ0v) is 22.6. The van der Waals surface area contributed by atoms with Gasteiger partial charge in [-0.05, 0) is 49.1 Å². The van der Waals surface area contributed by atoms with Crippen LogP contribution in [0.5, 0.6) is 5.75 Å². The lowest BCUT2D eigenvalue weighted by Gasteiger charge is -2.32. The predicted octanol–water partition coefficient (Wildman–Crippen LogP) is 3.61. The van der Waals surface area contributed by atoms with Crippen molar-refractivity contribution in [1.82, 2.24) is 10.2 Å². The first kappa shape index (κ1) is 28.5. The molecule has 0 bridgehead atoms. The van der Waals surface area contributed by atoms with E-state index in [0.29, 0.717) is 22.9 Å². The van der Waals surface area contributed by atoms with Crippen molar-refractivity contribution in [3.8, 4) is 5.75 Å². The van der Waals surface area contributed by atoms with Crippen molar-refractivity contribution >= 4 is 39.1 Å². The highest BCUT2D eigenvalue weighted by atomic mass is 35.5. The quantitative estimate of drug-likeness (QED) is 0.485. The number of halogens is 1. The van der Waals surface area contributed by atoms with E-state index in [1.54, 1.807) is 49.4 Å². The van der Waals surface area contributed by atoms with Crippen LogP contribution in [-0.4, -0.2) is 57.6 Å². The fourth-order valence-electron chi connectivity index (χ4n) is 3.43. The summed E-state index contributed by atoms with van der Waals surface area (Å²) in [5.74, 6) is -0.341. The van der Waals surface area contributed by atoms with Crippen molar-refractivity contribution in [1.29, 1.82) is 0 Å². The van der Waals surface area contributed by atoms with Gasteiger partial charge in [-0.2, -0.15) is 0 Å². The third-order valence-electron chi connectivity index (χ3n) is 5.43. The number of ether oxygens (including phenoxy) is 1. The van der Waals surface area contributed by atoms with Crippen molar-refractivity contribution in [2.24, 2.45) is 5.92 Å². The number of hydrogen-bond donors (Lipinski definition) is 1. The first-order chi connectivity index (χ1) is 16.3. The molecule has 10 heteroatoms. The monoisotopic (exact) mass is 523 g/mol. The van der Waals surface area contributed by atoms with E-state index in [-0.39, 0.29) is 24.1 Å². The van der Waals surface area contributed by atoms with Crippen LogP contribution in [-0.2, 0) is 26.2 Å². The molecular weight excluding hydrogens is 490 g/mol. The summed E-state index contributed by atoms with van der Waals surface area (Å²) in [4.78, 5) is 27.8. The summed E-state index contributed by atoms with van der Waals surface area (Å²) < 4.78 is 31.9. The summed E-state index contributed by atoms with van der Waals surface area (Å²) in [5, 5.41) is 3.29. The van der Waals surface area contributed by atoms with Gasteiger partial charge in [-0.1, -0.05) is 49.7 Å². The summed E-state index contributed by atoms with van der Waals surface area (Å²) in [6.07, 6.45) is 1.03. The normalized spacial score (nSPS) is 12.2. The second-order valence-corrected chi connectivity index (χ2v) is 11.2. The average Bonchev–Trinajstić information content (AvgIpc) is 2.79. The van der Waals surface area contributed by atoms with Gasteiger partial charge in [-0.3, -0.25) is 13.9 Å². The van der Waals surface area contributed by atoms with Gasteiger partial charge in [0.1, 0.15) is 18.3 Å². The van der Waals surface area contributed by atoms with E-state index in [4.69, 9.17) is 16.3 Å². The number of nitrogens with zero attached hydrogens (tertiary/aromatic N) is 2. The highest BCUT2D eigenvalue weighted by Gasteiger charge is 2.31. The summed E-state index contributed by atoms with van der Waals surface area (Å²) >= 11 is 6.33. The second-order valence-electron chi connectivity index (χ2n) is 8.87. The first-order valence-electron chi connectivity index (χ1n) is 11.3. The molecule has 0 aliphatic rings. The molecule has 2 aromatic rings. The molecule has 0 spiro atoms. The van der Waals surface area contributed by atoms with Gasteiger partial charge in [-0.25, -0.2) is 8.42 Å². The number of methoxy groups -OCH3 is 1. The minimum Gasteiger partial charge on any atom is -0.495 e. The van der Waals surface area contributed by atoms with Crippen molar-refractivity contribution in [3.63, 3.8) is 0 Å². The van der Waals surface area contributed by atoms with Crippen LogP contribution >= 0.6 is 11.6 Å². The molecule has 0 saturated heterocycles. The largest absolute Gasteiger partial charge is 0.495 e. The molecule has 0 aliphatic heterocycles. The molecular formula is C25H34ClN3O5S. The molecule has 0 fully saturated rings. The zero-order chi connectivity index (χ0) is 26.3. The van der Waals surface area contributed by atoms with Crippen LogP contribution in [0.1, 0.15) is 31.9 Å². The van der Waals surface area contributed by atoms with E-state index < -0.39 is 28.5 Å². The molecule has 2 aromatic carbocycles. The van der Waals surface area contributed by atoms with Crippen LogP contribution in [0.2, 0.25) is 5.02 Å². The minimum atomic E-state index is -3.87. The van der Waals surface area contributed by atoms with Gasteiger partial charge >= 0.3 is 0 Å². The molecule has 192 valence electrons. The number of nitrogens with one attached hydrogen (secondary N) is 1. The predicted molar refractivity (Wildman–Crippen MR) is 139 cm³/mol. The number of amides is 2. The highest BCUT2D eigenvalue weighted by Crippen LogP contribution is 2.31. The third-order valence-corrected chi connectivity index (χ3v) is 6.93. The van der Waals surface area contributed by atoms with Crippen LogP contribution in [0.25, 0.3) is 0 Å². The van der Waals surface area contributed by atoms with E-state index in [0.717, 1.165) is 16.1 Å². The fourth-order valence-corrected chi connectivity index (χ4v) is 4.48. The molecule has 0 unspecified atom stereocenters. The Kier molecular flexibility index (Phi) is 9.97. The Morgan fingerprint density at radius 2 is 1.77 bits per heavy atom. The summed E-state index contributed by atoms with van der Waals surface area (Å²) in [6.45, 7) is 7.35. The molecule has 1 atom stereocenters. The van der Waals surface area contributed by atoms with Crippen LogP contribution in [0, 0.1) is 12.8 Å². The Morgan fingerprint density at radius 3 is 2.34 bits per heavy atom. The van der Waals surface area contributed by atoms with E-state index in [1.807, 2.05) is 20.8 Å². The lowest BCUT2D eigenvalue weighted by Crippen LogP contribution is -2.51. The van der Waals surface area contributed by atoms with E-state index in [2.05, 4.69) is 5.32 Å². The van der Waals surface area contributed by atoms with Crippen LogP contribution < -0.4 is 14.4 Å². The second kappa shape index (κ2) is 12.3. The van der Waals surface area contributed by atoms with Crippen LogP contribution in [0.3, 0.4) is 0 Å². The molecule has 0 saturated carbocycles. The minimum absolute atomic E-state index is 0.0390. The Morgan fingerprint density at radius 1 is 1.11 bits per heavy atom. The number of rotatable bonds is 11. The fraction of sp³-hybridized carbons (Fsp3) is 0.440. The summed E-state index contributed by atoms with van der Waals surface area (Å²) in [7, 11) is -2.43. The maximum absolute atomic E-state index is 13.6. The topological polar surface area (TPSA) is 96.0 Å². The smallest absolute Gasteiger partial charge is 0.244 e. The Hall–Kier alpha value is -2.78. The van der Waals surface area contributed by atoms with Gasteiger partial charge in [0.05, 0.1) is 19.1 Å². The summed E-state index contributed by atoms with van der Waals surface area (Å²) in [6, 6.07) is 11.2. The SMILES string of the molecule is COc1ccc(C)cc1N(CC(=O)N(Cc1ccccc1Cl)[C@H](C)C(=O)NCC(C)C)S(C)(=O)=O. The van der Waals surface area contributed by atoms with Crippen molar-refractivity contribution in [3.05, 3.63) is 58.6 Å². The van der Waals surface area contributed by atoms with Gasteiger partial charge in [0.15, 0.2) is 0 Å². The Bertz CT molecular complexity index is 1150. The Labute approximate surface area is 213 Å². The van der Waals surface area contributed by atoms with Crippen LogP contribution in [0.4, 0.5) is 5.69 Å². The molecule has 2 amide bonds. The van der Waals surface area contributed by atoms with Crippen molar-refractivity contribution < 1.29 is 22.7 Å². The molecule has 0 heterocycles. The zero-order valence-electron chi connectivity index (χ0n) is 21.0. The maximum atomic E-state index is 13.6. The molecule has 0 radical (unpaired) electrons. The molecule has 35 heavy (non-hydrogen) atoms. The lowest BCUT2D eigenvalue weighted by atomic mass is 10.1. The highest BCUT2D eigenvalue weighted by molar-refractivity contribution is 7.92. The van der Waals surface area contributed by atoms with Crippen molar-refractivity contribution in [2.45, 2.75) is 40.3 Å². The number of aryl methyl sites for hydroxylation is 1. The van der Waals surface area contributed by atoms with Gasteiger partial charge in [-0.15, -0.1) is 0 Å². The number of hydrogen-bond acceptors (Lipinski definition) is 5. The molecule has 2 rings (SSSR count). The number of carbonyl (C=O) groups excluding carboxylic acids is 2. The number of anilines is 1. The number of sulfonamides is 1. The maximum Gasteiger partial charge on any atom is 0.244 e. The first-order valence-corrected chi connectivity index (χ1v) is 13.5. The molecule has 0 aliphatic carbocycles. The van der Waals surface area contributed by atoms with Gasteiger partial charge in [0.2, 0.25) is 21.8 Å². The average molecular weight is 524 g/mol. The van der Waals surface area contributed by atoms with E-state index in [9.17, 15) is 18.0 Å². The van der Waals surface area contributed by atoms with Gasteiger partial charge < -0.3 is 15.0 Å². The number of carbonyl (C=O) groups is 2. The van der Waals surface area contributed by atoms with E-state index >= 15 is 0 Å². The lowest BCUT2D eigenvalue weighted by molar-refractivity contribution is -0.139. The third kappa shape index (κ3) is 7.86. The molecule has 0 aromatic heterocycles. The van der Waals surface area contributed by atoms with E-state index in [1.165, 1.54) is 12.0 Å². The van der Waals surface area contributed by atoms with Crippen LogP contribution in [0.15, 0.2) is 42.5 Å². The number of benzene rings is 2. The Balaban J connectivity index is 2.45. The standard InChI is InChI=1S/C25H34ClN3O5S/c1-17(2)14-27-25(31)19(4)28(15-20-9-7-8-10-21(20)26)24(30)16-29(35(6,32)33)22-13-18(3)11-12-23(22)34-5/h7-13,17,19H,14-16H2,1-6H3,(H,27,31)/t19-/m1/s1.